The van der Waals surface area contributed by atoms with Gasteiger partial charge in [0.25, 0.3) is 0 Å². The Hall–Kier alpha value is -2.01. The van der Waals surface area contributed by atoms with Crippen molar-refractivity contribution < 1.29 is 17.9 Å². The Bertz CT molecular complexity index is 557. The molecule has 0 heterocycles. The topological polar surface area (TPSA) is 35.2 Å². The van der Waals surface area contributed by atoms with Crippen LogP contribution in [0.3, 0.4) is 0 Å². The van der Waals surface area contributed by atoms with Crippen LogP contribution in [0.2, 0.25) is 0 Å². The lowest BCUT2D eigenvalue weighted by molar-refractivity contribution is 0.287. The van der Waals surface area contributed by atoms with Gasteiger partial charge in [-0.25, -0.2) is 13.2 Å². The molecule has 0 fully saturated rings. The lowest BCUT2D eigenvalue weighted by Crippen LogP contribution is -2.20. The van der Waals surface area contributed by atoms with Crippen molar-refractivity contribution in [2.75, 3.05) is 6.61 Å². The predicted molar refractivity (Wildman–Crippen MR) is 65.2 cm³/mol. The highest BCUT2D eigenvalue weighted by Crippen LogP contribution is 2.18. The monoisotopic (exact) mass is 267 g/mol. The number of rotatable bonds is 4. The molecule has 1 unspecified atom stereocenters. The van der Waals surface area contributed by atoms with Gasteiger partial charge in [0.15, 0.2) is 0 Å². The van der Waals surface area contributed by atoms with Crippen molar-refractivity contribution in [2.45, 2.75) is 6.04 Å². The van der Waals surface area contributed by atoms with Crippen LogP contribution in [0.5, 0.6) is 5.75 Å². The highest BCUT2D eigenvalue weighted by molar-refractivity contribution is 5.24. The molecule has 0 spiro atoms. The fourth-order valence-electron chi connectivity index (χ4n) is 1.61. The molecule has 0 saturated heterocycles. The summed E-state index contributed by atoms with van der Waals surface area (Å²) in [5.41, 5.74) is 5.78. The summed E-state index contributed by atoms with van der Waals surface area (Å²) < 4.78 is 44.4. The van der Waals surface area contributed by atoms with E-state index >= 15 is 0 Å². The van der Waals surface area contributed by atoms with Gasteiger partial charge in [-0.3, -0.25) is 0 Å². The van der Waals surface area contributed by atoms with Crippen LogP contribution in [0, 0.1) is 17.5 Å². The van der Waals surface area contributed by atoms with E-state index in [0.717, 1.165) is 18.2 Å². The molecular weight excluding hydrogens is 255 g/mol. The summed E-state index contributed by atoms with van der Waals surface area (Å²) in [4.78, 5) is 0. The average Bonchev–Trinajstić information content (AvgIpc) is 2.40. The second-order valence-corrected chi connectivity index (χ2v) is 4.04. The molecule has 0 bridgehead atoms. The number of halogens is 3. The standard InChI is InChI=1S/C14H12F3NO/c15-9-1-4-11(5-2-9)19-8-14(18)12-7-10(16)3-6-13(12)17/h1-7,14H,8,18H2. The average molecular weight is 267 g/mol. The minimum absolute atomic E-state index is 0.0357. The van der Waals surface area contributed by atoms with Gasteiger partial charge in [-0.1, -0.05) is 0 Å². The largest absolute Gasteiger partial charge is 0.492 e. The number of hydrogen-bond acceptors (Lipinski definition) is 2. The third-order valence-electron chi connectivity index (χ3n) is 2.60. The van der Waals surface area contributed by atoms with Crippen LogP contribution in [-0.2, 0) is 0 Å². The van der Waals surface area contributed by atoms with Crippen molar-refractivity contribution >= 4 is 0 Å². The Balaban J connectivity index is 2.03. The number of hydrogen-bond donors (Lipinski definition) is 1. The predicted octanol–water partition coefficient (Wildman–Crippen LogP) is 3.18. The molecule has 19 heavy (non-hydrogen) atoms. The summed E-state index contributed by atoms with van der Waals surface area (Å²) in [6.45, 7) is -0.0357. The van der Waals surface area contributed by atoms with Crippen molar-refractivity contribution in [1.29, 1.82) is 0 Å². The van der Waals surface area contributed by atoms with E-state index in [4.69, 9.17) is 10.5 Å². The second-order valence-electron chi connectivity index (χ2n) is 4.04. The third-order valence-corrected chi connectivity index (χ3v) is 2.60. The minimum atomic E-state index is -0.805. The summed E-state index contributed by atoms with van der Waals surface area (Å²) in [5.74, 6) is -1.12. The van der Waals surface area contributed by atoms with E-state index in [2.05, 4.69) is 0 Å². The molecule has 0 aliphatic carbocycles. The first-order valence-electron chi connectivity index (χ1n) is 5.65. The van der Waals surface area contributed by atoms with Crippen molar-refractivity contribution in [3.05, 3.63) is 65.5 Å². The normalized spacial score (nSPS) is 12.2. The summed E-state index contributed by atoms with van der Waals surface area (Å²) >= 11 is 0. The van der Waals surface area contributed by atoms with E-state index in [0.29, 0.717) is 5.75 Å². The fourth-order valence-corrected chi connectivity index (χ4v) is 1.61. The quantitative estimate of drug-likeness (QED) is 0.923. The minimum Gasteiger partial charge on any atom is -0.492 e. The van der Waals surface area contributed by atoms with E-state index in [9.17, 15) is 13.2 Å². The molecule has 0 aromatic heterocycles. The first-order valence-corrected chi connectivity index (χ1v) is 5.65. The van der Waals surface area contributed by atoms with Crippen LogP contribution in [0.1, 0.15) is 11.6 Å². The molecule has 1 atom stereocenters. The van der Waals surface area contributed by atoms with Crippen LogP contribution in [0.15, 0.2) is 42.5 Å². The first-order chi connectivity index (χ1) is 9.06. The number of benzene rings is 2. The zero-order chi connectivity index (χ0) is 13.8. The van der Waals surface area contributed by atoms with Gasteiger partial charge in [-0.15, -0.1) is 0 Å². The summed E-state index contributed by atoms with van der Waals surface area (Å²) in [7, 11) is 0. The Labute approximate surface area is 108 Å². The van der Waals surface area contributed by atoms with E-state index in [1.165, 1.54) is 24.3 Å². The van der Waals surface area contributed by atoms with Crippen LogP contribution >= 0.6 is 0 Å². The summed E-state index contributed by atoms with van der Waals surface area (Å²) in [5, 5.41) is 0. The lowest BCUT2D eigenvalue weighted by atomic mass is 10.1. The zero-order valence-corrected chi connectivity index (χ0v) is 9.95. The first kappa shape index (κ1) is 13.4. The van der Waals surface area contributed by atoms with Gasteiger partial charge < -0.3 is 10.5 Å². The zero-order valence-electron chi connectivity index (χ0n) is 9.95. The third kappa shape index (κ3) is 3.48. The highest BCUT2D eigenvalue weighted by Gasteiger charge is 2.13. The van der Waals surface area contributed by atoms with Crippen molar-refractivity contribution in [1.82, 2.24) is 0 Å². The van der Waals surface area contributed by atoms with E-state index < -0.39 is 17.7 Å². The van der Waals surface area contributed by atoms with Crippen molar-refractivity contribution in [2.24, 2.45) is 5.73 Å². The molecule has 100 valence electrons. The van der Waals surface area contributed by atoms with Crippen LogP contribution in [0.4, 0.5) is 13.2 Å². The number of nitrogens with two attached hydrogens (primary N) is 1. The molecule has 5 heteroatoms. The maximum Gasteiger partial charge on any atom is 0.128 e. The van der Waals surface area contributed by atoms with Gasteiger partial charge >= 0.3 is 0 Å². The Kier molecular flexibility index (Phi) is 4.06. The van der Waals surface area contributed by atoms with Gasteiger partial charge in [-0.05, 0) is 42.5 Å². The molecule has 0 amide bonds. The van der Waals surface area contributed by atoms with Crippen molar-refractivity contribution in [3.63, 3.8) is 0 Å². The number of ether oxygens (including phenoxy) is 1. The fraction of sp³-hybridized carbons (Fsp3) is 0.143. The SMILES string of the molecule is NC(COc1ccc(F)cc1)c1cc(F)ccc1F. The Morgan fingerprint density at radius 2 is 1.58 bits per heavy atom. The molecule has 2 aromatic carbocycles. The molecule has 0 aliphatic heterocycles. The van der Waals surface area contributed by atoms with Crippen molar-refractivity contribution in [3.8, 4) is 5.75 Å². The maximum absolute atomic E-state index is 13.4. The van der Waals surface area contributed by atoms with E-state index in [1.54, 1.807) is 0 Å². The van der Waals surface area contributed by atoms with Crippen LogP contribution < -0.4 is 10.5 Å². The molecule has 2 N–H and O–H groups in total. The molecule has 0 radical (unpaired) electrons. The second kappa shape index (κ2) is 5.75. The lowest BCUT2D eigenvalue weighted by Gasteiger charge is -2.14. The molecular formula is C14H12F3NO. The molecule has 2 rings (SSSR count). The molecule has 0 saturated carbocycles. The molecule has 0 aliphatic rings. The molecule has 2 aromatic rings. The maximum atomic E-state index is 13.4. The van der Waals surface area contributed by atoms with E-state index in [-0.39, 0.29) is 18.0 Å². The molecule has 2 nitrogen and oxygen atoms in total. The van der Waals surface area contributed by atoms with Gasteiger partial charge in [0.05, 0.1) is 6.04 Å². The van der Waals surface area contributed by atoms with Crippen LogP contribution in [-0.4, -0.2) is 6.61 Å². The van der Waals surface area contributed by atoms with Gasteiger partial charge in [0, 0.05) is 5.56 Å². The Morgan fingerprint density at radius 3 is 2.26 bits per heavy atom. The Morgan fingerprint density at radius 1 is 0.947 bits per heavy atom. The van der Waals surface area contributed by atoms with E-state index in [1.807, 2.05) is 0 Å². The smallest absolute Gasteiger partial charge is 0.128 e. The van der Waals surface area contributed by atoms with Gasteiger partial charge in [0.1, 0.15) is 29.8 Å². The van der Waals surface area contributed by atoms with Gasteiger partial charge in [0.2, 0.25) is 0 Å². The summed E-state index contributed by atoms with van der Waals surface area (Å²) in [6, 6.07) is 7.62. The highest BCUT2D eigenvalue weighted by atomic mass is 19.1. The van der Waals surface area contributed by atoms with Gasteiger partial charge in [-0.2, -0.15) is 0 Å². The summed E-state index contributed by atoms with van der Waals surface area (Å²) in [6.07, 6.45) is 0. The van der Waals surface area contributed by atoms with Crippen LogP contribution in [0.25, 0.3) is 0 Å².